The summed E-state index contributed by atoms with van der Waals surface area (Å²) < 4.78 is 5.81. The lowest BCUT2D eigenvalue weighted by Crippen LogP contribution is -2.02. The van der Waals surface area contributed by atoms with Gasteiger partial charge >= 0.3 is 0 Å². The van der Waals surface area contributed by atoms with Crippen LogP contribution in [0.4, 0.5) is 0 Å². The molecule has 0 unspecified atom stereocenters. The van der Waals surface area contributed by atoms with Gasteiger partial charge in [0.15, 0.2) is 0 Å². The number of aromatic nitrogens is 2. The van der Waals surface area contributed by atoms with Crippen molar-refractivity contribution in [2.75, 3.05) is 7.11 Å². The third kappa shape index (κ3) is 3.95. The molecular formula is C14H14BrClN2OS. The number of rotatable bonds is 5. The molecule has 0 spiro atoms. The third-order valence-corrected chi connectivity index (χ3v) is 5.16. The van der Waals surface area contributed by atoms with Gasteiger partial charge in [-0.15, -0.1) is 11.8 Å². The molecule has 0 atom stereocenters. The summed E-state index contributed by atoms with van der Waals surface area (Å²) in [5, 5.41) is 0.424. The van der Waals surface area contributed by atoms with E-state index in [0.717, 1.165) is 5.69 Å². The molecule has 0 bridgehead atoms. The van der Waals surface area contributed by atoms with Crippen molar-refractivity contribution in [2.45, 2.75) is 24.2 Å². The number of hydrogen-bond donors (Lipinski definition) is 0. The van der Waals surface area contributed by atoms with Gasteiger partial charge in [0.25, 0.3) is 0 Å². The van der Waals surface area contributed by atoms with Crippen LogP contribution in [0, 0.1) is 6.92 Å². The van der Waals surface area contributed by atoms with Crippen LogP contribution in [0.3, 0.4) is 0 Å². The van der Waals surface area contributed by atoms with Crippen molar-refractivity contribution >= 4 is 39.3 Å². The van der Waals surface area contributed by atoms with Crippen LogP contribution < -0.4 is 0 Å². The Balaban J connectivity index is 2.16. The zero-order valence-electron chi connectivity index (χ0n) is 11.2. The van der Waals surface area contributed by atoms with Crippen molar-refractivity contribution in [1.29, 1.82) is 0 Å². The van der Waals surface area contributed by atoms with Gasteiger partial charge in [0, 0.05) is 12.0 Å². The molecule has 0 aliphatic rings. The SMILES string of the molecule is COCc1nc(CSc2ccccc2C)nc(Cl)c1Br. The summed E-state index contributed by atoms with van der Waals surface area (Å²) in [5.74, 6) is 1.38. The number of aryl methyl sites for hydroxylation is 1. The van der Waals surface area contributed by atoms with Crippen molar-refractivity contribution in [2.24, 2.45) is 0 Å². The fourth-order valence-electron chi connectivity index (χ4n) is 1.67. The lowest BCUT2D eigenvalue weighted by atomic mass is 10.2. The quantitative estimate of drug-likeness (QED) is 0.565. The van der Waals surface area contributed by atoms with Crippen molar-refractivity contribution < 1.29 is 4.74 Å². The molecule has 2 aromatic rings. The number of hydrogen-bond acceptors (Lipinski definition) is 4. The standard InChI is InChI=1S/C14H14BrClN2OS/c1-9-5-3-4-6-11(9)20-8-12-17-10(7-19-2)13(15)14(16)18-12/h3-6H,7-8H2,1-2H3. The molecule has 20 heavy (non-hydrogen) atoms. The number of thioether (sulfide) groups is 1. The summed E-state index contributed by atoms with van der Waals surface area (Å²) in [5.41, 5.74) is 2.02. The van der Waals surface area contributed by atoms with Crippen LogP contribution in [-0.2, 0) is 17.1 Å². The maximum absolute atomic E-state index is 6.10. The Kier molecular flexibility index (Phi) is 5.84. The second-order valence-corrected chi connectivity index (χ2v) is 6.35. The minimum Gasteiger partial charge on any atom is -0.378 e. The van der Waals surface area contributed by atoms with Gasteiger partial charge in [0.2, 0.25) is 0 Å². The van der Waals surface area contributed by atoms with Gasteiger partial charge in [0.1, 0.15) is 11.0 Å². The number of methoxy groups -OCH3 is 1. The van der Waals surface area contributed by atoms with Crippen molar-refractivity contribution in [3.8, 4) is 0 Å². The molecule has 0 saturated carbocycles. The van der Waals surface area contributed by atoms with E-state index >= 15 is 0 Å². The van der Waals surface area contributed by atoms with Gasteiger partial charge in [-0.2, -0.15) is 0 Å². The Bertz CT molecular complexity index is 610. The zero-order valence-corrected chi connectivity index (χ0v) is 14.3. The highest BCUT2D eigenvalue weighted by Crippen LogP contribution is 2.28. The number of halogens is 2. The molecule has 0 aliphatic carbocycles. The summed E-state index contributed by atoms with van der Waals surface area (Å²) in [6.45, 7) is 2.50. The highest BCUT2D eigenvalue weighted by molar-refractivity contribution is 9.10. The van der Waals surface area contributed by atoms with Gasteiger partial charge < -0.3 is 4.74 Å². The summed E-state index contributed by atoms with van der Waals surface area (Å²) >= 11 is 11.2. The third-order valence-electron chi connectivity index (χ3n) is 2.66. The molecule has 0 saturated heterocycles. The average molecular weight is 374 g/mol. The van der Waals surface area contributed by atoms with Crippen molar-refractivity contribution in [3.63, 3.8) is 0 Å². The molecule has 0 aliphatic heterocycles. The van der Waals surface area contributed by atoms with Gasteiger partial charge in [-0.1, -0.05) is 29.8 Å². The van der Waals surface area contributed by atoms with Crippen LogP contribution in [0.1, 0.15) is 17.1 Å². The Labute approximate surface area is 136 Å². The van der Waals surface area contributed by atoms with E-state index in [0.29, 0.717) is 27.8 Å². The monoisotopic (exact) mass is 372 g/mol. The molecular weight excluding hydrogens is 360 g/mol. The maximum atomic E-state index is 6.10. The van der Waals surface area contributed by atoms with E-state index in [1.54, 1.807) is 18.9 Å². The summed E-state index contributed by atoms with van der Waals surface area (Å²) in [6, 6.07) is 8.24. The normalized spacial score (nSPS) is 10.8. The van der Waals surface area contributed by atoms with Gasteiger partial charge in [0.05, 0.1) is 22.5 Å². The van der Waals surface area contributed by atoms with E-state index in [9.17, 15) is 0 Å². The first-order valence-corrected chi connectivity index (χ1v) is 8.15. The zero-order chi connectivity index (χ0) is 14.5. The van der Waals surface area contributed by atoms with Crippen LogP contribution in [0.15, 0.2) is 33.6 Å². The Morgan fingerprint density at radius 3 is 2.75 bits per heavy atom. The molecule has 106 valence electrons. The van der Waals surface area contributed by atoms with E-state index in [-0.39, 0.29) is 0 Å². The van der Waals surface area contributed by atoms with Crippen LogP contribution in [0.25, 0.3) is 0 Å². The predicted octanol–water partition coefficient (Wildman–Crippen LogP) is 4.64. The van der Waals surface area contributed by atoms with Crippen molar-refractivity contribution in [3.05, 3.63) is 51.0 Å². The Morgan fingerprint density at radius 2 is 2.05 bits per heavy atom. The fraction of sp³-hybridized carbons (Fsp3) is 0.286. The van der Waals surface area contributed by atoms with Crippen LogP contribution in [0.2, 0.25) is 5.15 Å². The molecule has 1 aromatic carbocycles. The highest BCUT2D eigenvalue weighted by Gasteiger charge is 2.11. The Morgan fingerprint density at radius 1 is 1.30 bits per heavy atom. The van der Waals surface area contributed by atoms with Crippen molar-refractivity contribution in [1.82, 2.24) is 9.97 Å². The topological polar surface area (TPSA) is 35.0 Å². The average Bonchev–Trinajstić information content (AvgIpc) is 2.43. The largest absolute Gasteiger partial charge is 0.378 e. The minimum absolute atomic E-state index is 0.408. The van der Waals surface area contributed by atoms with Gasteiger partial charge in [-0.05, 0) is 34.5 Å². The molecule has 0 radical (unpaired) electrons. The maximum Gasteiger partial charge on any atom is 0.147 e. The Hall–Kier alpha value is -0.620. The molecule has 0 fully saturated rings. The fourth-order valence-corrected chi connectivity index (χ4v) is 3.05. The molecule has 6 heteroatoms. The highest BCUT2D eigenvalue weighted by atomic mass is 79.9. The smallest absolute Gasteiger partial charge is 0.147 e. The molecule has 0 amide bonds. The van der Waals surface area contributed by atoms with E-state index in [4.69, 9.17) is 16.3 Å². The first kappa shape index (κ1) is 15.8. The minimum atomic E-state index is 0.408. The second kappa shape index (κ2) is 7.41. The summed E-state index contributed by atoms with van der Waals surface area (Å²) in [4.78, 5) is 10.00. The first-order chi connectivity index (χ1) is 9.61. The summed E-state index contributed by atoms with van der Waals surface area (Å²) in [7, 11) is 1.63. The lowest BCUT2D eigenvalue weighted by Gasteiger charge is -2.08. The molecule has 1 aromatic heterocycles. The first-order valence-electron chi connectivity index (χ1n) is 6.00. The van der Waals surface area contributed by atoms with Crippen LogP contribution in [-0.4, -0.2) is 17.1 Å². The number of ether oxygens (including phenoxy) is 1. The van der Waals surface area contributed by atoms with Crippen LogP contribution in [0.5, 0.6) is 0 Å². The van der Waals surface area contributed by atoms with E-state index in [2.05, 4.69) is 45.0 Å². The predicted molar refractivity (Wildman–Crippen MR) is 86.2 cm³/mol. The van der Waals surface area contributed by atoms with E-state index in [1.807, 2.05) is 12.1 Å². The lowest BCUT2D eigenvalue weighted by molar-refractivity contribution is 0.180. The number of nitrogens with zero attached hydrogens (tertiary/aromatic N) is 2. The number of benzene rings is 1. The summed E-state index contributed by atoms with van der Waals surface area (Å²) in [6.07, 6.45) is 0. The van der Waals surface area contributed by atoms with Gasteiger partial charge in [-0.25, -0.2) is 9.97 Å². The van der Waals surface area contributed by atoms with Gasteiger partial charge in [-0.3, -0.25) is 0 Å². The molecule has 2 rings (SSSR count). The van der Waals surface area contributed by atoms with E-state index in [1.165, 1.54) is 10.5 Å². The molecule has 0 N–H and O–H groups in total. The van der Waals surface area contributed by atoms with Crippen LogP contribution >= 0.6 is 39.3 Å². The second-order valence-electron chi connectivity index (χ2n) is 4.18. The van der Waals surface area contributed by atoms with E-state index < -0.39 is 0 Å². The molecule has 1 heterocycles. The molecule has 3 nitrogen and oxygen atoms in total.